The molecule has 6 heteroatoms. The fourth-order valence-electron chi connectivity index (χ4n) is 2.95. The molecule has 0 aliphatic heterocycles. The zero-order valence-corrected chi connectivity index (χ0v) is 17.3. The molecule has 2 rings (SSSR count). The molecule has 5 nitrogen and oxygen atoms in total. The molecule has 0 radical (unpaired) electrons. The lowest BCUT2D eigenvalue weighted by Crippen LogP contribution is -2.32. The molecule has 0 bridgehead atoms. The summed E-state index contributed by atoms with van der Waals surface area (Å²) in [7, 11) is 1.62. The van der Waals surface area contributed by atoms with E-state index in [0.29, 0.717) is 22.8 Å². The van der Waals surface area contributed by atoms with Crippen molar-refractivity contribution in [3.05, 3.63) is 34.9 Å². The predicted molar refractivity (Wildman–Crippen MR) is 108 cm³/mol. The second-order valence-electron chi connectivity index (χ2n) is 6.59. The Kier molecular flexibility index (Phi) is 7.21. The summed E-state index contributed by atoms with van der Waals surface area (Å²) in [6.07, 6.45) is 4.45. The summed E-state index contributed by atoms with van der Waals surface area (Å²) in [5.41, 5.74) is 2.73. The Morgan fingerprint density at radius 3 is 2.31 bits per heavy atom. The molecule has 0 aliphatic carbocycles. The molecule has 0 aromatic carbocycles. The minimum atomic E-state index is 0.217. The maximum atomic E-state index is 6.60. The first-order valence-corrected chi connectivity index (χ1v) is 9.70. The summed E-state index contributed by atoms with van der Waals surface area (Å²) in [5, 5.41) is 0.480. The number of halogens is 1. The lowest BCUT2D eigenvalue weighted by atomic mass is 10.1. The van der Waals surface area contributed by atoms with Crippen LogP contribution in [0.1, 0.15) is 64.8 Å². The number of nitrogens with zero attached hydrogens (tertiary/aromatic N) is 4. The molecule has 0 fully saturated rings. The van der Waals surface area contributed by atoms with Crippen LogP contribution in [0, 0.1) is 0 Å². The standard InChI is InChI=1S/C20H29ClN4O/c1-7-14-12-22-20(26-6)19(23-14)25(15(8-2)9-3)17-11-10-16(13(4)5)24-18(17)21/h10-13,15H,7-9H2,1-6H3. The molecule has 2 aromatic rings. The third kappa shape index (κ3) is 4.26. The third-order valence-electron chi connectivity index (χ3n) is 4.56. The largest absolute Gasteiger partial charge is 0.478 e. The van der Waals surface area contributed by atoms with E-state index in [0.717, 1.165) is 36.3 Å². The molecule has 0 atom stereocenters. The fourth-order valence-corrected chi connectivity index (χ4v) is 3.21. The van der Waals surface area contributed by atoms with E-state index in [2.05, 4.69) is 49.5 Å². The molecule has 142 valence electrons. The summed E-state index contributed by atoms with van der Waals surface area (Å²) in [6, 6.07) is 4.28. The maximum Gasteiger partial charge on any atom is 0.257 e. The molecule has 2 aromatic heterocycles. The van der Waals surface area contributed by atoms with Crippen LogP contribution in [-0.2, 0) is 6.42 Å². The van der Waals surface area contributed by atoms with Gasteiger partial charge in [0.2, 0.25) is 0 Å². The third-order valence-corrected chi connectivity index (χ3v) is 4.84. The second-order valence-corrected chi connectivity index (χ2v) is 6.95. The van der Waals surface area contributed by atoms with Gasteiger partial charge in [-0.05, 0) is 37.3 Å². The molecule has 0 aliphatic rings. The summed E-state index contributed by atoms with van der Waals surface area (Å²) in [4.78, 5) is 16.0. The highest BCUT2D eigenvalue weighted by molar-refractivity contribution is 6.32. The average Bonchev–Trinajstić information content (AvgIpc) is 2.65. The van der Waals surface area contributed by atoms with Crippen LogP contribution >= 0.6 is 11.6 Å². The quantitative estimate of drug-likeness (QED) is 0.565. The normalized spacial score (nSPS) is 11.3. The number of methoxy groups -OCH3 is 1. The lowest BCUT2D eigenvalue weighted by molar-refractivity contribution is 0.394. The number of ether oxygens (including phenoxy) is 1. The van der Waals surface area contributed by atoms with Crippen molar-refractivity contribution < 1.29 is 4.74 Å². The van der Waals surface area contributed by atoms with Crippen LogP contribution in [0.5, 0.6) is 5.88 Å². The minimum absolute atomic E-state index is 0.217. The molecular formula is C20H29ClN4O. The number of aryl methyl sites for hydroxylation is 1. The monoisotopic (exact) mass is 376 g/mol. The Labute approximate surface area is 161 Å². The van der Waals surface area contributed by atoms with Crippen molar-refractivity contribution >= 4 is 23.1 Å². The van der Waals surface area contributed by atoms with Crippen molar-refractivity contribution in [2.24, 2.45) is 0 Å². The van der Waals surface area contributed by atoms with Crippen molar-refractivity contribution in [3.8, 4) is 5.88 Å². The topological polar surface area (TPSA) is 51.1 Å². The van der Waals surface area contributed by atoms with Crippen LogP contribution in [0.15, 0.2) is 18.3 Å². The van der Waals surface area contributed by atoms with Gasteiger partial charge in [-0.15, -0.1) is 0 Å². The van der Waals surface area contributed by atoms with Crippen LogP contribution in [0.3, 0.4) is 0 Å². The van der Waals surface area contributed by atoms with Gasteiger partial charge in [0.25, 0.3) is 5.88 Å². The molecule has 0 amide bonds. The number of anilines is 2. The van der Waals surface area contributed by atoms with Crippen molar-refractivity contribution in [3.63, 3.8) is 0 Å². The summed E-state index contributed by atoms with van der Waals surface area (Å²) in [5.74, 6) is 1.51. The van der Waals surface area contributed by atoms with E-state index in [1.54, 1.807) is 13.3 Å². The van der Waals surface area contributed by atoms with E-state index < -0.39 is 0 Å². The highest BCUT2D eigenvalue weighted by atomic mass is 35.5. The Bertz CT molecular complexity index is 732. The Morgan fingerprint density at radius 1 is 1.12 bits per heavy atom. The minimum Gasteiger partial charge on any atom is -0.478 e. The van der Waals surface area contributed by atoms with Gasteiger partial charge in [-0.1, -0.05) is 46.2 Å². The van der Waals surface area contributed by atoms with Crippen molar-refractivity contribution in [2.45, 2.75) is 65.8 Å². The molecule has 0 N–H and O–H groups in total. The second kappa shape index (κ2) is 9.17. The van der Waals surface area contributed by atoms with Gasteiger partial charge in [0.1, 0.15) is 0 Å². The van der Waals surface area contributed by atoms with Gasteiger partial charge in [-0.3, -0.25) is 0 Å². The van der Waals surface area contributed by atoms with Crippen LogP contribution in [0.4, 0.5) is 11.5 Å². The number of rotatable bonds is 8. The average molecular weight is 377 g/mol. The van der Waals surface area contributed by atoms with Crippen molar-refractivity contribution in [2.75, 3.05) is 12.0 Å². The first-order chi connectivity index (χ1) is 12.5. The van der Waals surface area contributed by atoms with E-state index in [1.807, 2.05) is 12.1 Å². The number of hydrogen-bond acceptors (Lipinski definition) is 5. The highest BCUT2D eigenvalue weighted by Crippen LogP contribution is 2.38. The van der Waals surface area contributed by atoms with E-state index in [-0.39, 0.29) is 6.04 Å². The van der Waals surface area contributed by atoms with Gasteiger partial charge in [0.15, 0.2) is 11.0 Å². The molecule has 0 saturated heterocycles. The lowest BCUT2D eigenvalue weighted by Gasteiger charge is -2.33. The Morgan fingerprint density at radius 2 is 1.81 bits per heavy atom. The zero-order valence-electron chi connectivity index (χ0n) is 16.6. The molecule has 0 spiro atoms. The molecule has 2 heterocycles. The van der Waals surface area contributed by atoms with E-state index in [1.165, 1.54) is 0 Å². The highest BCUT2D eigenvalue weighted by Gasteiger charge is 2.26. The summed E-state index contributed by atoms with van der Waals surface area (Å²) in [6.45, 7) is 10.6. The number of pyridine rings is 1. The summed E-state index contributed by atoms with van der Waals surface area (Å²) >= 11 is 6.60. The fraction of sp³-hybridized carbons (Fsp3) is 0.550. The first-order valence-electron chi connectivity index (χ1n) is 9.32. The van der Waals surface area contributed by atoms with Gasteiger partial charge in [-0.25, -0.2) is 15.0 Å². The van der Waals surface area contributed by atoms with Crippen molar-refractivity contribution in [1.29, 1.82) is 0 Å². The van der Waals surface area contributed by atoms with Gasteiger partial charge < -0.3 is 9.64 Å². The smallest absolute Gasteiger partial charge is 0.257 e. The van der Waals surface area contributed by atoms with Gasteiger partial charge in [-0.2, -0.15) is 0 Å². The zero-order chi connectivity index (χ0) is 19.3. The number of aromatic nitrogens is 3. The van der Waals surface area contributed by atoms with Crippen molar-refractivity contribution in [1.82, 2.24) is 15.0 Å². The summed E-state index contributed by atoms with van der Waals surface area (Å²) < 4.78 is 5.51. The van der Waals surface area contributed by atoms with Crippen LogP contribution in [0.25, 0.3) is 0 Å². The van der Waals surface area contributed by atoms with Crippen LogP contribution < -0.4 is 9.64 Å². The molecule has 0 unspecified atom stereocenters. The number of hydrogen-bond donors (Lipinski definition) is 0. The van der Waals surface area contributed by atoms with E-state index in [4.69, 9.17) is 21.3 Å². The van der Waals surface area contributed by atoms with Crippen LogP contribution in [-0.4, -0.2) is 28.1 Å². The van der Waals surface area contributed by atoms with Crippen LogP contribution in [0.2, 0.25) is 5.15 Å². The van der Waals surface area contributed by atoms with Gasteiger partial charge in [0.05, 0.1) is 24.7 Å². The van der Waals surface area contributed by atoms with E-state index in [9.17, 15) is 0 Å². The maximum absolute atomic E-state index is 6.60. The molecule has 26 heavy (non-hydrogen) atoms. The van der Waals surface area contributed by atoms with Gasteiger partial charge >= 0.3 is 0 Å². The predicted octanol–water partition coefficient (Wildman–Crippen LogP) is 5.55. The first kappa shape index (κ1) is 20.4. The molecular weight excluding hydrogens is 348 g/mol. The van der Waals surface area contributed by atoms with E-state index >= 15 is 0 Å². The SMILES string of the molecule is CCc1cnc(OC)c(N(c2ccc(C(C)C)nc2Cl)C(CC)CC)n1. The Hall–Kier alpha value is -1.88. The Balaban J connectivity index is 2.66. The molecule has 0 saturated carbocycles. The van der Waals surface area contributed by atoms with Gasteiger partial charge in [0, 0.05) is 11.7 Å².